The Kier molecular flexibility index (Phi) is 5.07. The van der Waals surface area contributed by atoms with Gasteiger partial charge in [0.1, 0.15) is 11.3 Å². The highest BCUT2D eigenvalue weighted by Crippen LogP contribution is 2.37. The topological polar surface area (TPSA) is 58.0 Å². The molecule has 28 heavy (non-hydrogen) atoms. The lowest BCUT2D eigenvalue weighted by Gasteiger charge is -2.22. The van der Waals surface area contributed by atoms with Gasteiger partial charge in [-0.05, 0) is 42.8 Å². The van der Waals surface area contributed by atoms with E-state index in [0.717, 1.165) is 22.3 Å². The Balaban J connectivity index is 1.86. The highest BCUT2D eigenvalue weighted by atomic mass is 35.5. The highest BCUT2D eigenvalue weighted by molar-refractivity contribution is 6.35. The summed E-state index contributed by atoms with van der Waals surface area (Å²) < 4.78 is 0. The summed E-state index contributed by atoms with van der Waals surface area (Å²) in [5.74, 6) is 0.135. The Hall–Kier alpha value is -2.82. The van der Waals surface area contributed by atoms with Gasteiger partial charge in [-0.1, -0.05) is 47.5 Å². The summed E-state index contributed by atoms with van der Waals surface area (Å²) in [5, 5.41) is 16.4. The van der Waals surface area contributed by atoms with Crippen molar-refractivity contribution in [1.82, 2.24) is 9.97 Å². The van der Waals surface area contributed by atoms with Crippen molar-refractivity contribution in [3.63, 3.8) is 0 Å². The van der Waals surface area contributed by atoms with E-state index in [4.69, 9.17) is 23.2 Å². The third kappa shape index (κ3) is 3.75. The Morgan fingerprint density at radius 1 is 1.00 bits per heavy atom. The van der Waals surface area contributed by atoms with Crippen molar-refractivity contribution in [3.8, 4) is 5.75 Å². The Morgan fingerprint density at radius 2 is 1.75 bits per heavy atom. The van der Waals surface area contributed by atoms with Crippen LogP contribution in [-0.4, -0.2) is 15.1 Å². The number of phenolic OH excluding ortho intramolecular Hbond substituents is 1. The minimum Gasteiger partial charge on any atom is -0.505 e. The first-order chi connectivity index (χ1) is 13.5. The van der Waals surface area contributed by atoms with E-state index in [-0.39, 0.29) is 11.8 Å². The summed E-state index contributed by atoms with van der Waals surface area (Å²) in [6, 6.07) is 16.4. The molecule has 0 aliphatic rings. The van der Waals surface area contributed by atoms with E-state index in [9.17, 15) is 5.11 Å². The van der Waals surface area contributed by atoms with Crippen LogP contribution in [-0.2, 0) is 0 Å². The molecule has 0 saturated heterocycles. The molecule has 2 aromatic carbocycles. The molecule has 4 nitrogen and oxygen atoms in total. The number of nitrogens with zero attached hydrogens (tertiary/aromatic N) is 2. The Bertz CT molecular complexity index is 1130. The summed E-state index contributed by atoms with van der Waals surface area (Å²) in [7, 11) is 0. The van der Waals surface area contributed by atoms with Crippen LogP contribution in [0.5, 0.6) is 5.75 Å². The molecule has 1 atom stereocenters. The van der Waals surface area contributed by atoms with Gasteiger partial charge in [-0.25, -0.2) is 4.98 Å². The van der Waals surface area contributed by atoms with Crippen molar-refractivity contribution < 1.29 is 5.11 Å². The van der Waals surface area contributed by atoms with Crippen LogP contribution in [0.1, 0.15) is 22.9 Å². The lowest BCUT2D eigenvalue weighted by Crippen LogP contribution is -2.13. The molecule has 0 saturated carbocycles. The van der Waals surface area contributed by atoms with E-state index in [1.807, 2.05) is 43.3 Å². The summed E-state index contributed by atoms with van der Waals surface area (Å²) in [5.41, 5.74) is 3.73. The van der Waals surface area contributed by atoms with Crippen LogP contribution < -0.4 is 5.32 Å². The van der Waals surface area contributed by atoms with Gasteiger partial charge in [-0.15, -0.1) is 0 Å². The number of phenols is 1. The summed E-state index contributed by atoms with van der Waals surface area (Å²) in [6.45, 7) is 1.90. The Morgan fingerprint density at radius 3 is 2.46 bits per heavy atom. The van der Waals surface area contributed by atoms with Gasteiger partial charge in [-0.3, -0.25) is 4.98 Å². The number of halogens is 2. The lowest BCUT2D eigenvalue weighted by molar-refractivity contribution is 0.471. The number of benzene rings is 2. The number of fused-ring (bicyclic) bond motifs is 1. The molecule has 4 rings (SSSR count). The smallest absolute Gasteiger partial charge is 0.147 e. The molecule has 0 fully saturated rings. The molecule has 0 aliphatic carbocycles. The zero-order valence-corrected chi connectivity index (χ0v) is 16.5. The number of hydrogen-bond acceptors (Lipinski definition) is 4. The summed E-state index contributed by atoms with van der Waals surface area (Å²) >= 11 is 12.3. The SMILES string of the molecule is Cc1ccc2ccc(C(Nc3cc(Cl)cc(Cl)c3)c3cccnc3)c(O)c2n1. The molecule has 2 aromatic heterocycles. The number of nitrogens with one attached hydrogen (secondary N) is 1. The van der Waals surface area contributed by atoms with Crippen molar-refractivity contribution in [2.45, 2.75) is 13.0 Å². The molecular weight excluding hydrogens is 393 g/mol. The zero-order chi connectivity index (χ0) is 19.7. The monoisotopic (exact) mass is 409 g/mol. The predicted molar refractivity (Wildman–Crippen MR) is 114 cm³/mol. The van der Waals surface area contributed by atoms with Gasteiger partial charge in [0.05, 0.1) is 6.04 Å². The molecule has 1 unspecified atom stereocenters. The standard InChI is InChI=1S/C22H17Cl2N3O/c1-13-4-5-14-6-7-19(22(28)21(14)26-13)20(15-3-2-8-25-12-15)27-18-10-16(23)9-17(24)11-18/h2-12,20,27-28H,1H3. The van der Waals surface area contributed by atoms with Gasteiger partial charge in [0.2, 0.25) is 0 Å². The maximum absolute atomic E-state index is 11.0. The van der Waals surface area contributed by atoms with Crippen LogP contribution in [0.3, 0.4) is 0 Å². The van der Waals surface area contributed by atoms with Gasteiger partial charge in [-0.2, -0.15) is 0 Å². The zero-order valence-electron chi connectivity index (χ0n) is 15.0. The normalized spacial score (nSPS) is 12.1. The number of hydrogen-bond donors (Lipinski definition) is 2. The number of pyridine rings is 2. The van der Waals surface area contributed by atoms with Gasteiger partial charge in [0.15, 0.2) is 0 Å². The quantitative estimate of drug-likeness (QED) is 0.424. The van der Waals surface area contributed by atoms with Crippen LogP contribution >= 0.6 is 23.2 Å². The van der Waals surface area contributed by atoms with Gasteiger partial charge < -0.3 is 10.4 Å². The van der Waals surface area contributed by atoms with Crippen molar-refractivity contribution >= 4 is 39.8 Å². The minimum atomic E-state index is -0.366. The van der Waals surface area contributed by atoms with E-state index in [1.54, 1.807) is 30.6 Å². The maximum Gasteiger partial charge on any atom is 0.147 e. The second kappa shape index (κ2) is 7.66. The molecule has 0 spiro atoms. The van der Waals surface area contributed by atoms with E-state index >= 15 is 0 Å². The van der Waals surface area contributed by atoms with Crippen LogP contribution in [0.25, 0.3) is 10.9 Å². The van der Waals surface area contributed by atoms with Crippen molar-refractivity contribution in [2.75, 3.05) is 5.32 Å². The molecule has 2 N–H and O–H groups in total. The fourth-order valence-corrected chi connectivity index (χ4v) is 3.74. The molecule has 0 amide bonds. The van der Waals surface area contributed by atoms with Crippen molar-refractivity contribution in [2.24, 2.45) is 0 Å². The van der Waals surface area contributed by atoms with Crippen LogP contribution in [0.15, 0.2) is 67.0 Å². The van der Waals surface area contributed by atoms with E-state index < -0.39 is 0 Å². The van der Waals surface area contributed by atoms with Gasteiger partial charge in [0.25, 0.3) is 0 Å². The number of anilines is 1. The molecule has 6 heteroatoms. The maximum atomic E-state index is 11.0. The third-order valence-electron chi connectivity index (χ3n) is 4.51. The van der Waals surface area contributed by atoms with Gasteiger partial charge >= 0.3 is 0 Å². The number of aromatic hydroxyl groups is 1. The number of aromatic nitrogens is 2. The second-order valence-corrected chi connectivity index (χ2v) is 7.42. The Labute approximate surface area is 172 Å². The molecular formula is C22H17Cl2N3O. The predicted octanol–water partition coefficient (Wildman–Crippen LogP) is 6.15. The minimum absolute atomic E-state index is 0.135. The third-order valence-corrected chi connectivity index (χ3v) is 4.94. The molecule has 0 aliphatic heterocycles. The average molecular weight is 410 g/mol. The van der Waals surface area contributed by atoms with Crippen LogP contribution in [0.4, 0.5) is 5.69 Å². The van der Waals surface area contributed by atoms with Gasteiger partial charge in [0, 0.05) is 44.8 Å². The number of rotatable bonds is 4. The number of aryl methyl sites for hydroxylation is 1. The molecule has 140 valence electrons. The van der Waals surface area contributed by atoms with Crippen molar-refractivity contribution in [1.29, 1.82) is 0 Å². The summed E-state index contributed by atoms with van der Waals surface area (Å²) in [6.07, 6.45) is 3.47. The first-order valence-corrected chi connectivity index (χ1v) is 9.48. The fourth-order valence-electron chi connectivity index (χ4n) is 3.21. The van der Waals surface area contributed by atoms with Crippen molar-refractivity contribution in [3.05, 3.63) is 93.9 Å². The lowest BCUT2D eigenvalue weighted by atomic mass is 9.97. The molecule has 0 bridgehead atoms. The molecule has 2 heterocycles. The average Bonchev–Trinajstić information content (AvgIpc) is 2.67. The summed E-state index contributed by atoms with van der Waals surface area (Å²) in [4.78, 5) is 8.74. The fraction of sp³-hybridized carbons (Fsp3) is 0.0909. The highest BCUT2D eigenvalue weighted by Gasteiger charge is 2.20. The first kappa shape index (κ1) is 18.5. The van der Waals surface area contributed by atoms with E-state index in [1.165, 1.54) is 0 Å². The van der Waals surface area contributed by atoms with Crippen LogP contribution in [0, 0.1) is 6.92 Å². The van der Waals surface area contributed by atoms with E-state index in [2.05, 4.69) is 15.3 Å². The first-order valence-electron chi connectivity index (χ1n) is 8.73. The second-order valence-electron chi connectivity index (χ2n) is 6.55. The van der Waals surface area contributed by atoms with Crippen LogP contribution in [0.2, 0.25) is 10.0 Å². The molecule has 4 aromatic rings. The largest absolute Gasteiger partial charge is 0.505 e. The molecule has 0 radical (unpaired) electrons. The van der Waals surface area contributed by atoms with E-state index in [0.29, 0.717) is 21.1 Å².